The van der Waals surface area contributed by atoms with Crippen LogP contribution < -0.4 is 0 Å². The maximum absolute atomic E-state index is 11.1. The van der Waals surface area contributed by atoms with Crippen LogP contribution in [0.1, 0.15) is 40.9 Å². The Morgan fingerprint density at radius 1 is 1.62 bits per heavy atom. The van der Waals surface area contributed by atoms with Crippen molar-refractivity contribution in [2.45, 2.75) is 25.7 Å². The van der Waals surface area contributed by atoms with Gasteiger partial charge in [-0.2, -0.15) is 0 Å². The molecule has 5 nitrogen and oxygen atoms in total. The molecule has 3 rings (SSSR count). The van der Waals surface area contributed by atoms with Gasteiger partial charge in [-0.15, -0.1) is 10.2 Å². The zero-order valence-corrected chi connectivity index (χ0v) is 8.84. The highest BCUT2D eigenvalue weighted by molar-refractivity contribution is 5.94. The van der Waals surface area contributed by atoms with Gasteiger partial charge in [0.15, 0.2) is 5.65 Å². The van der Waals surface area contributed by atoms with Crippen LogP contribution in [0.15, 0.2) is 12.4 Å². The fraction of sp³-hybridized carbons (Fsp3) is 0.364. The molecule has 2 heterocycles. The highest BCUT2D eigenvalue weighted by Crippen LogP contribution is 2.34. The average Bonchev–Trinajstić information content (AvgIpc) is 2.83. The summed E-state index contributed by atoms with van der Waals surface area (Å²) in [5, 5.41) is 16.8. The van der Waals surface area contributed by atoms with Crippen molar-refractivity contribution in [2.75, 3.05) is 0 Å². The molecular weight excluding hydrogens is 206 g/mol. The van der Waals surface area contributed by atoms with Crippen LogP contribution in [0, 0.1) is 0 Å². The Bertz CT molecular complexity index is 588. The van der Waals surface area contributed by atoms with Crippen molar-refractivity contribution in [1.29, 1.82) is 0 Å². The van der Waals surface area contributed by atoms with Crippen LogP contribution in [0.2, 0.25) is 0 Å². The summed E-state index contributed by atoms with van der Waals surface area (Å²) in [7, 11) is 0. The summed E-state index contributed by atoms with van der Waals surface area (Å²) in [4.78, 5) is 11.1. The first kappa shape index (κ1) is 9.33. The Labute approximate surface area is 91.7 Å². The molecule has 0 aromatic carbocycles. The number of carbonyl (C=O) groups is 1. The Morgan fingerprint density at radius 3 is 3.19 bits per heavy atom. The number of carboxylic acids is 1. The predicted molar refractivity (Wildman–Crippen MR) is 56.7 cm³/mol. The van der Waals surface area contributed by atoms with E-state index in [1.54, 1.807) is 12.4 Å². The third-order valence-corrected chi connectivity index (χ3v) is 3.29. The highest BCUT2D eigenvalue weighted by Gasteiger charge is 2.25. The Morgan fingerprint density at radius 2 is 2.44 bits per heavy atom. The van der Waals surface area contributed by atoms with Gasteiger partial charge in [0.25, 0.3) is 0 Å². The molecule has 0 radical (unpaired) electrons. The van der Waals surface area contributed by atoms with Gasteiger partial charge in [-0.05, 0) is 30.4 Å². The lowest BCUT2D eigenvalue weighted by molar-refractivity contribution is 0.0698. The second-order valence-electron chi connectivity index (χ2n) is 4.23. The van der Waals surface area contributed by atoms with E-state index in [9.17, 15) is 4.79 Å². The van der Waals surface area contributed by atoms with E-state index < -0.39 is 5.97 Å². The summed E-state index contributed by atoms with van der Waals surface area (Å²) in [6.45, 7) is 2.12. The van der Waals surface area contributed by atoms with E-state index in [0.29, 0.717) is 11.6 Å². The first-order valence-corrected chi connectivity index (χ1v) is 5.27. The van der Waals surface area contributed by atoms with Crippen LogP contribution in [0.5, 0.6) is 0 Å². The molecular formula is C11H11N3O2. The molecule has 82 valence electrons. The third kappa shape index (κ3) is 1.08. The van der Waals surface area contributed by atoms with Gasteiger partial charge < -0.3 is 5.11 Å². The number of fused-ring (bicyclic) bond motifs is 3. The molecule has 0 bridgehead atoms. The van der Waals surface area contributed by atoms with E-state index in [-0.39, 0.29) is 5.56 Å². The van der Waals surface area contributed by atoms with Gasteiger partial charge in [-0.25, -0.2) is 4.79 Å². The molecule has 1 atom stereocenters. The van der Waals surface area contributed by atoms with Crippen LogP contribution >= 0.6 is 0 Å². The maximum atomic E-state index is 11.1. The number of nitrogens with zero attached hydrogens (tertiary/aromatic N) is 3. The summed E-state index contributed by atoms with van der Waals surface area (Å²) in [5.74, 6) is -0.528. The molecule has 5 heteroatoms. The molecule has 1 N–H and O–H groups in total. The number of hydrogen-bond donors (Lipinski definition) is 1. The second-order valence-corrected chi connectivity index (χ2v) is 4.23. The number of aromatic nitrogens is 3. The van der Waals surface area contributed by atoms with E-state index in [0.717, 1.165) is 24.1 Å². The first-order valence-electron chi connectivity index (χ1n) is 5.27. The molecule has 0 aliphatic heterocycles. The average molecular weight is 217 g/mol. The smallest absolute Gasteiger partial charge is 0.339 e. The highest BCUT2D eigenvalue weighted by atomic mass is 16.4. The quantitative estimate of drug-likeness (QED) is 0.785. The first-order chi connectivity index (χ1) is 7.68. The third-order valence-electron chi connectivity index (χ3n) is 3.29. The van der Waals surface area contributed by atoms with Crippen LogP contribution in [0.3, 0.4) is 0 Å². The largest absolute Gasteiger partial charge is 0.478 e. The lowest BCUT2D eigenvalue weighted by atomic mass is 10.0. The van der Waals surface area contributed by atoms with E-state index in [4.69, 9.17) is 5.11 Å². The lowest BCUT2D eigenvalue weighted by Crippen LogP contribution is -2.05. The van der Waals surface area contributed by atoms with Crippen LogP contribution in [-0.4, -0.2) is 25.7 Å². The molecule has 0 amide bonds. The van der Waals surface area contributed by atoms with Crippen molar-refractivity contribution in [3.05, 3.63) is 29.2 Å². The number of rotatable bonds is 1. The molecule has 0 spiro atoms. The van der Waals surface area contributed by atoms with Gasteiger partial charge in [0, 0.05) is 5.69 Å². The minimum Gasteiger partial charge on any atom is -0.478 e. The number of aromatic carboxylic acids is 1. The van der Waals surface area contributed by atoms with E-state index in [1.807, 2.05) is 4.40 Å². The SMILES string of the molecule is C[C@H]1CCc2c1cc(C(=O)O)c1nncn21. The zero-order chi connectivity index (χ0) is 11.3. The fourth-order valence-electron chi connectivity index (χ4n) is 2.42. The zero-order valence-electron chi connectivity index (χ0n) is 8.84. The summed E-state index contributed by atoms with van der Waals surface area (Å²) in [5.41, 5.74) is 2.95. The molecule has 2 aromatic rings. The van der Waals surface area contributed by atoms with Crippen molar-refractivity contribution in [1.82, 2.24) is 14.6 Å². The number of aryl methyl sites for hydroxylation is 1. The maximum Gasteiger partial charge on any atom is 0.339 e. The standard InChI is InChI=1S/C11H11N3O2/c1-6-2-3-9-7(6)4-8(11(15)16)10-13-12-5-14(9)10/h4-6H,2-3H2,1H3,(H,15,16)/t6-/m0/s1. The number of carboxylic acid groups (broad SMARTS) is 1. The molecule has 1 aliphatic carbocycles. The van der Waals surface area contributed by atoms with E-state index in [2.05, 4.69) is 17.1 Å². The van der Waals surface area contributed by atoms with Gasteiger partial charge in [-0.3, -0.25) is 4.40 Å². The molecule has 0 fully saturated rings. The number of hydrogen-bond acceptors (Lipinski definition) is 3. The van der Waals surface area contributed by atoms with Gasteiger partial charge in [0.2, 0.25) is 0 Å². The van der Waals surface area contributed by atoms with Gasteiger partial charge in [-0.1, -0.05) is 6.92 Å². The van der Waals surface area contributed by atoms with E-state index in [1.165, 1.54) is 0 Å². The van der Waals surface area contributed by atoms with Gasteiger partial charge in [0.05, 0.1) is 0 Å². The summed E-state index contributed by atoms with van der Waals surface area (Å²) in [6, 6.07) is 1.75. The summed E-state index contributed by atoms with van der Waals surface area (Å²) < 4.78 is 1.81. The van der Waals surface area contributed by atoms with Crippen molar-refractivity contribution in [3.8, 4) is 0 Å². The Balaban J connectivity index is 2.41. The molecule has 0 saturated carbocycles. The number of pyridine rings is 1. The van der Waals surface area contributed by atoms with Crippen LogP contribution in [0.25, 0.3) is 5.65 Å². The van der Waals surface area contributed by atoms with Crippen molar-refractivity contribution < 1.29 is 9.90 Å². The molecule has 16 heavy (non-hydrogen) atoms. The summed E-state index contributed by atoms with van der Waals surface area (Å²) in [6.07, 6.45) is 3.62. The lowest BCUT2D eigenvalue weighted by Gasteiger charge is -2.08. The predicted octanol–water partition coefficient (Wildman–Crippen LogP) is 1.48. The van der Waals surface area contributed by atoms with Crippen molar-refractivity contribution in [2.24, 2.45) is 0 Å². The minimum absolute atomic E-state index is 0.241. The second kappa shape index (κ2) is 3.04. The van der Waals surface area contributed by atoms with E-state index >= 15 is 0 Å². The fourth-order valence-corrected chi connectivity index (χ4v) is 2.42. The normalized spacial score (nSPS) is 18.9. The van der Waals surface area contributed by atoms with Gasteiger partial charge >= 0.3 is 5.97 Å². The van der Waals surface area contributed by atoms with Crippen LogP contribution in [0.4, 0.5) is 0 Å². The van der Waals surface area contributed by atoms with Crippen molar-refractivity contribution in [3.63, 3.8) is 0 Å². The van der Waals surface area contributed by atoms with Crippen molar-refractivity contribution >= 4 is 11.6 Å². The monoisotopic (exact) mass is 217 g/mol. The minimum atomic E-state index is -0.945. The Kier molecular flexibility index (Phi) is 1.77. The van der Waals surface area contributed by atoms with Crippen LogP contribution in [-0.2, 0) is 6.42 Å². The molecule has 2 aromatic heterocycles. The van der Waals surface area contributed by atoms with Gasteiger partial charge in [0.1, 0.15) is 11.9 Å². The topological polar surface area (TPSA) is 67.5 Å². The Hall–Kier alpha value is -1.91. The molecule has 1 aliphatic rings. The molecule has 0 saturated heterocycles. The summed E-state index contributed by atoms with van der Waals surface area (Å²) >= 11 is 0. The molecule has 0 unspecified atom stereocenters.